The summed E-state index contributed by atoms with van der Waals surface area (Å²) in [5.74, 6) is 2.47. The van der Waals surface area contributed by atoms with Crippen LogP contribution in [-0.2, 0) is 17.6 Å². The maximum atomic E-state index is 5.61. The smallest absolute Gasteiger partial charge is 0.112 e. The van der Waals surface area contributed by atoms with E-state index in [-0.39, 0.29) is 0 Å². The van der Waals surface area contributed by atoms with Gasteiger partial charge in [-0.1, -0.05) is 6.92 Å². The summed E-state index contributed by atoms with van der Waals surface area (Å²) in [6.45, 7) is 5.30. The first-order valence-corrected chi connectivity index (χ1v) is 6.41. The SMILES string of the molecule is CC1CCc2nc(C3COC(C)C3)[nH]c2C1. The summed E-state index contributed by atoms with van der Waals surface area (Å²) in [4.78, 5) is 8.30. The van der Waals surface area contributed by atoms with Crippen LogP contribution in [0.15, 0.2) is 0 Å². The number of aromatic nitrogens is 2. The largest absolute Gasteiger partial charge is 0.378 e. The highest BCUT2D eigenvalue weighted by molar-refractivity contribution is 5.20. The van der Waals surface area contributed by atoms with E-state index in [1.54, 1.807) is 0 Å². The van der Waals surface area contributed by atoms with Crippen LogP contribution in [0, 0.1) is 5.92 Å². The third kappa shape index (κ3) is 1.77. The molecule has 1 fully saturated rings. The Labute approximate surface area is 96.6 Å². The van der Waals surface area contributed by atoms with Crippen molar-refractivity contribution >= 4 is 0 Å². The molecule has 0 spiro atoms. The number of rotatable bonds is 1. The Morgan fingerprint density at radius 3 is 3.00 bits per heavy atom. The normalized spacial score (nSPS) is 34.0. The van der Waals surface area contributed by atoms with Gasteiger partial charge in [0.1, 0.15) is 5.82 Å². The highest BCUT2D eigenvalue weighted by atomic mass is 16.5. The van der Waals surface area contributed by atoms with Gasteiger partial charge in [0, 0.05) is 11.6 Å². The van der Waals surface area contributed by atoms with Gasteiger partial charge in [-0.15, -0.1) is 0 Å². The quantitative estimate of drug-likeness (QED) is 0.789. The summed E-state index contributed by atoms with van der Waals surface area (Å²) in [5.41, 5.74) is 2.70. The zero-order valence-electron chi connectivity index (χ0n) is 10.1. The molecule has 0 amide bonds. The zero-order chi connectivity index (χ0) is 11.1. The van der Waals surface area contributed by atoms with Crippen molar-refractivity contribution in [1.82, 2.24) is 9.97 Å². The molecule has 3 heteroatoms. The van der Waals surface area contributed by atoms with Crippen LogP contribution in [0.2, 0.25) is 0 Å². The van der Waals surface area contributed by atoms with E-state index in [9.17, 15) is 0 Å². The molecule has 0 bridgehead atoms. The molecule has 0 radical (unpaired) electrons. The van der Waals surface area contributed by atoms with E-state index in [1.807, 2.05) is 0 Å². The number of nitrogens with one attached hydrogen (secondary N) is 1. The highest BCUT2D eigenvalue weighted by Crippen LogP contribution is 2.30. The Hall–Kier alpha value is -0.830. The van der Waals surface area contributed by atoms with Crippen molar-refractivity contribution in [1.29, 1.82) is 0 Å². The third-order valence-electron chi connectivity index (χ3n) is 3.89. The van der Waals surface area contributed by atoms with Gasteiger partial charge in [0.25, 0.3) is 0 Å². The summed E-state index contributed by atoms with van der Waals surface area (Å²) >= 11 is 0. The number of nitrogens with zero attached hydrogens (tertiary/aromatic N) is 1. The number of aryl methyl sites for hydroxylation is 1. The standard InChI is InChI=1S/C13H20N2O/c1-8-3-4-11-12(5-8)15-13(14-11)10-6-9(2)16-7-10/h8-10H,3-7H2,1-2H3,(H,14,15). The maximum Gasteiger partial charge on any atom is 0.112 e. The molecule has 0 saturated carbocycles. The molecule has 3 unspecified atom stereocenters. The number of H-pyrrole nitrogens is 1. The zero-order valence-corrected chi connectivity index (χ0v) is 10.1. The number of hydrogen-bond donors (Lipinski definition) is 1. The molecule has 1 aliphatic heterocycles. The highest BCUT2D eigenvalue weighted by Gasteiger charge is 2.28. The van der Waals surface area contributed by atoms with Crippen molar-refractivity contribution in [3.05, 3.63) is 17.2 Å². The van der Waals surface area contributed by atoms with Gasteiger partial charge in [-0.05, 0) is 38.5 Å². The van der Waals surface area contributed by atoms with Crippen LogP contribution in [0.3, 0.4) is 0 Å². The molecule has 0 aromatic carbocycles. The summed E-state index contributed by atoms with van der Waals surface area (Å²) in [6.07, 6.45) is 5.12. The minimum atomic E-state index is 0.394. The third-order valence-corrected chi connectivity index (χ3v) is 3.89. The van der Waals surface area contributed by atoms with E-state index >= 15 is 0 Å². The molecule has 3 rings (SSSR count). The van der Waals surface area contributed by atoms with Gasteiger partial charge < -0.3 is 9.72 Å². The van der Waals surface area contributed by atoms with Gasteiger partial charge in [-0.3, -0.25) is 0 Å². The average Bonchev–Trinajstić information content (AvgIpc) is 2.83. The molecule has 1 aromatic heterocycles. The van der Waals surface area contributed by atoms with Crippen molar-refractivity contribution in [2.45, 2.75) is 51.6 Å². The molecular weight excluding hydrogens is 200 g/mol. The first kappa shape index (κ1) is 10.3. The topological polar surface area (TPSA) is 37.9 Å². The van der Waals surface area contributed by atoms with E-state index in [1.165, 1.54) is 30.1 Å². The predicted molar refractivity (Wildman–Crippen MR) is 62.5 cm³/mol. The number of aromatic amines is 1. The molecule has 1 N–H and O–H groups in total. The molecular formula is C13H20N2O. The van der Waals surface area contributed by atoms with Crippen molar-refractivity contribution in [3.63, 3.8) is 0 Å². The van der Waals surface area contributed by atoms with E-state index in [0.29, 0.717) is 12.0 Å². The molecule has 1 aromatic rings. The van der Waals surface area contributed by atoms with E-state index in [0.717, 1.165) is 25.4 Å². The lowest BCUT2D eigenvalue weighted by Crippen LogP contribution is -2.10. The lowest BCUT2D eigenvalue weighted by atomic mass is 9.92. The first-order valence-electron chi connectivity index (χ1n) is 6.41. The Bertz CT molecular complexity index is 385. The lowest BCUT2D eigenvalue weighted by Gasteiger charge is -2.15. The molecule has 88 valence electrons. The van der Waals surface area contributed by atoms with Gasteiger partial charge in [-0.25, -0.2) is 4.98 Å². The van der Waals surface area contributed by atoms with Crippen LogP contribution in [0.25, 0.3) is 0 Å². The number of ether oxygens (including phenoxy) is 1. The lowest BCUT2D eigenvalue weighted by molar-refractivity contribution is 0.123. The van der Waals surface area contributed by atoms with E-state index in [4.69, 9.17) is 9.72 Å². The Kier molecular flexibility index (Phi) is 2.51. The molecule has 2 aliphatic rings. The maximum absolute atomic E-state index is 5.61. The fourth-order valence-electron chi connectivity index (χ4n) is 2.88. The van der Waals surface area contributed by atoms with Crippen LogP contribution in [0.4, 0.5) is 0 Å². The molecule has 1 aliphatic carbocycles. The van der Waals surface area contributed by atoms with Crippen molar-refractivity contribution < 1.29 is 4.74 Å². The second-order valence-electron chi connectivity index (χ2n) is 5.47. The molecule has 3 atom stereocenters. The first-order chi connectivity index (χ1) is 7.72. The number of imidazole rings is 1. The van der Waals surface area contributed by atoms with E-state index in [2.05, 4.69) is 18.8 Å². The fourth-order valence-corrected chi connectivity index (χ4v) is 2.88. The monoisotopic (exact) mass is 220 g/mol. The molecule has 1 saturated heterocycles. The Morgan fingerprint density at radius 1 is 1.38 bits per heavy atom. The van der Waals surface area contributed by atoms with Gasteiger partial charge in [0.2, 0.25) is 0 Å². The summed E-state index contributed by atoms with van der Waals surface area (Å²) in [6, 6.07) is 0. The van der Waals surface area contributed by atoms with Gasteiger partial charge in [0.05, 0.1) is 18.4 Å². The Morgan fingerprint density at radius 2 is 2.25 bits per heavy atom. The van der Waals surface area contributed by atoms with Gasteiger partial charge in [-0.2, -0.15) is 0 Å². The van der Waals surface area contributed by atoms with Crippen molar-refractivity contribution in [2.24, 2.45) is 5.92 Å². The minimum absolute atomic E-state index is 0.394. The van der Waals surface area contributed by atoms with Crippen LogP contribution in [0.5, 0.6) is 0 Å². The van der Waals surface area contributed by atoms with Crippen LogP contribution in [0.1, 0.15) is 49.8 Å². The number of fused-ring (bicyclic) bond motifs is 1. The number of hydrogen-bond acceptors (Lipinski definition) is 2. The summed E-state index contributed by atoms with van der Waals surface area (Å²) in [7, 11) is 0. The van der Waals surface area contributed by atoms with Gasteiger partial charge >= 0.3 is 0 Å². The van der Waals surface area contributed by atoms with Crippen molar-refractivity contribution in [3.8, 4) is 0 Å². The van der Waals surface area contributed by atoms with Crippen LogP contribution in [-0.4, -0.2) is 22.7 Å². The summed E-state index contributed by atoms with van der Waals surface area (Å²) in [5, 5.41) is 0. The van der Waals surface area contributed by atoms with Crippen molar-refractivity contribution in [2.75, 3.05) is 6.61 Å². The fraction of sp³-hybridized carbons (Fsp3) is 0.769. The van der Waals surface area contributed by atoms with Crippen LogP contribution >= 0.6 is 0 Å². The molecule has 2 heterocycles. The molecule has 16 heavy (non-hydrogen) atoms. The molecule has 3 nitrogen and oxygen atoms in total. The predicted octanol–water partition coefficient (Wildman–Crippen LogP) is 2.43. The second kappa shape index (κ2) is 3.88. The second-order valence-corrected chi connectivity index (χ2v) is 5.47. The van der Waals surface area contributed by atoms with E-state index < -0.39 is 0 Å². The summed E-state index contributed by atoms with van der Waals surface area (Å²) < 4.78 is 5.61. The minimum Gasteiger partial charge on any atom is -0.378 e. The van der Waals surface area contributed by atoms with Gasteiger partial charge in [0.15, 0.2) is 0 Å². The van der Waals surface area contributed by atoms with Crippen LogP contribution < -0.4 is 0 Å². The Balaban J connectivity index is 1.82. The average molecular weight is 220 g/mol.